The number of hydrogen-bond acceptors (Lipinski definition) is 3. The van der Waals surface area contributed by atoms with E-state index in [2.05, 4.69) is 20.9 Å². The molecule has 3 rings (SSSR count). The van der Waals surface area contributed by atoms with E-state index in [1.165, 1.54) is 12.1 Å². The molecule has 4 nitrogen and oxygen atoms in total. The van der Waals surface area contributed by atoms with Crippen LogP contribution >= 0.6 is 15.9 Å². The number of hydrogen-bond donors (Lipinski definition) is 1. The molecule has 5 heteroatoms. The molecule has 0 saturated heterocycles. The number of ketones is 1. The van der Waals surface area contributed by atoms with E-state index < -0.39 is 0 Å². The Bertz CT molecular complexity index is 823. The molecule has 2 heterocycles. The van der Waals surface area contributed by atoms with Crippen molar-refractivity contribution in [1.82, 2.24) is 9.38 Å². The second-order valence-corrected chi connectivity index (χ2v) is 5.63. The maximum absolute atomic E-state index is 12.8. The Balaban J connectivity index is 0.00000176. The number of phenolic OH excluding ortho intramolecular Hbond substituents is 1. The van der Waals surface area contributed by atoms with Crippen molar-refractivity contribution in [2.45, 2.75) is 20.8 Å². The Kier molecular flexibility index (Phi) is 4.66. The van der Waals surface area contributed by atoms with Crippen molar-refractivity contribution in [3.8, 4) is 5.75 Å². The van der Waals surface area contributed by atoms with E-state index in [9.17, 15) is 9.90 Å². The molecule has 22 heavy (non-hydrogen) atoms. The molecule has 0 fully saturated rings. The third-order valence-electron chi connectivity index (χ3n) is 3.33. The minimum atomic E-state index is -0.0996. The number of aromatic nitrogens is 2. The number of carbonyl (C=O) groups is 1. The summed E-state index contributed by atoms with van der Waals surface area (Å²) >= 11 is 3.42. The summed E-state index contributed by atoms with van der Waals surface area (Å²) in [6, 6.07) is 10.0. The van der Waals surface area contributed by atoms with Gasteiger partial charge in [-0.2, -0.15) is 0 Å². The zero-order valence-corrected chi connectivity index (χ0v) is 13.0. The van der Waals surface area contributed by atoms with Crippen molar-refractivity contribution < 1.29 is 9.90 Å². The number of fused-ring (bicyclic) bond motifs is 1. The third kappa shape index (κ3) is 2.76. The van der Waals surface area contributed by atoms with Crippen LogP contribution in [-0.2, 0) is 6.42 Å². The fraction of sp³-hybridized carbons (Fsp3) is 0.176. The molecule has 0 aliphatic heterocycles. The Hall–Kier alpha value is -2.14. The average molecular weight is 361 g/mol. The second kappa shape index (κ2) is 6.32. The highest BCUT2D eigenvalue weighted by Gasteiger charge is 2.19. The number of imidazole rings is 1. The Labute approximate surface area is 137 Å². The maximum Gasteiger partial charge on any atom is 0.211 e. The van der Waals surface area contributed by atoms with Crippen molar-refractivity contribution in [3.63, 3.8) is 0 Å². The van der Waals surface area contributed by atoms with Crippen LogP contribution in [0.4, 0.5) is 0 Å². The SMILES string of the molecule is C.CCc1nc2ccc(Br)cn2c1C(=O)c1ccc(O)cc1. The number of aryl methyl sites for hydroxylation is 1. The lowest BCUT2D eigenvalue weighted by Gasteiger charge is -2.04. The number of phenols is 1. The number of nitrogens with zero attached hydrogens (tertiary/aromatic N) is 2. The van der Waals surface area contributed by atoms with Crippen molar-refractivity contribution in [2.24, 2.45) is 0 Å². The normalized spacial score (nSPS) is 10.5. The zero-order valence-electron chi connectivity index (χ0n) is 11.4. The molecule has 0 bridgehead atoms. The van der Waals surface area contributed by atoms with E-state index >= 15 is 0 Å². The maximum atomic E-state index is 12.8. The minimum Gasteiger partial charge on any atom is -0.508 e. The summed E-state index contributed by atoms with van der Waals surface area (Å²) < 4.78 is 2.69. The standard InChI is InChI=1S/C16H13BrN2O2.CH4/c1-2-13-15(16(21)10-3-6-12(20)7-4-10)19-9-11(17)5-8-14(19)18-13;/h3-9,20H,2H2,1H3;1H4. The van der Waals surface area contributed by atoms with Gasteiger partial charge in [-0.1, -0.05) is 14.4 Å². The number of benzene rings is 1. The fourth-order valence-electron chi connectivity index (χ4n) is 2.30. The molecule has 0 radical (unpaired) electrons. The quantitative estimate of drug-likeness (QED) is 0.711. The van der Waals surface area contributed by atoms with Gasteiger partial charge in [0.1, 0.15) is 17.1 Å². The molecular formula is C17H17BrN2O2. The van der Waals surface area contributed by atoms with E-state index in [1.807, 2.05) is 25.3 Å². The first kappa shape index (κ1) is 16.2. The molecule has 0 unspecified atom stereocenters. The van der Waals surface area contributed by atoms with E-state index in [0.717, 1.165) is 15.8 Å². The first-order valence-electron chi connectivity index (χ1n) is 6.60. The number of rotatable bonds is 3. The van der Waals surface area contributed by atoms with Gasteiger partial charge in [0, 0.05) is 16.2 Å². The summed E-state index contributed by atoms with van der Waals surface area (Å²) in [5.74, 6) is 0.0422. The Morgan fingerprint density at radius 1 is 1.23 bits per heavy atom. The van der Waals surface area contributed by atoms with Crippen LogP contribution in [0.3, 0.4) is 0 Å². The van der Waals surface area contributed by atoms with Crippen molar-refractivity contribution in [2.75, 3.05) is 0 Å². The molecule has 0 spiro atoms. The molecule has 2 aromatic heterocycles. The van der Waals surface area contributed by atoms with Crippen LogP contribution in [0.1, 0.15) is 36.1 Å². The zero-order chi connectivity index (χ0) is 15.0. The van der Waals surface area contributed by atoms with E-state index in [4.69, 9.17) is 0 Å². The van der Waals surface area contributed by atoms with Crippen molar-refractivity contribution in [3.05, 3.63) is 64.0 Å². The predicted octanol–water partition coefficient (Wildman–Crippen LogP) is 4.23. The van der Waals surface area contributed by atoms with Crippen molar-refractivity contribution in [1.29, 1.82) is 0 Å². The van der Waals surface area contributed by atoms with Gasteiger partial charge in [-0.15, -0.1) is 0 Å². The van der Waals surface area contributed by atoms with Gasteiger partial charge in [-0.25, -0.2) is 4.98 Å². The number of halogens is 1. The van der Waals surface area contributed by atoms with E-state index in [0.29, 0.717) is 17.7 Å². The molecule has 0 aliphatic carbocycles. The average Bonchev–Trinajstić information content (AvgIpc) is 2.85. The van der Waals surface area contributed by atoms with Gasteiger partial charge in [0.15, 0.2) is 0 Å². The second-order valence-electron chi connectivity index (χ2n) is 4.71. The molecule has 1 N–H and O–H groups in total. The van der Waals surface area contributed by atoms with Gasteiger partial charge in [-0.05, 0) is 58.7 Å². The fourth-order valence-corrected chi connectivity index (χ4v) is 2.64. The first-order valence-corrected chi connectivity index (χ1v) is 7.39. The topological polar surface area (TPSA) is 54.6 Å². The lowest BCUT2D eigenvalue weighted by Crippen LogP contribution is -2.08. The lowest BCUT2D eigenvalue weighted by atomic mass is 10.1. The van der Waals surface area contributed by atoms with Gasteiger partial charge in [0.05, 0.1) is 5.69 Å². The summed E-state index contributed by atoms with van der Waals surface area (Å²) in [7, 11) is 0. The summed E-state index contributed by atoms with van der Waals surface area (Å²) in [6.45, 7) is 1.98. The highest BCUT2D eigenvalue weighted by Crippen LogP contribution is 2.21. The van der Waals surface area contributed by atoms with Gasteiger partial charge in [0.25, 0.3) is 0 Å². The lowest BCUT2D eigenvalue weighted by molar-refractivity contribution is 0.103. The van der Waals surface area contributed by atoms with Crippen LogP contribution in [0.25, 0.3) is 5.65 Å². The summed E-state index contributed by atoms with van der Waals surface area (Å²) in [5.41, 5.74) is 2.62. The molecule has 114 valence electrons. The van der Waals surface area contributed by atoms with Gasteiger partial charge in [0.2, 0.25) is 5.78 Å². The molecule has 0 saturated carbocycles. The van der Waals surface area contributed by atoms with Crippen LogP contribution in [0.2, 0.25) is 0 Å². The van der Waals surface area contributed by atoms with E-state index in [-0.39, 0.29) is 19.0 Å². The predicted molar refractivity (Wildman–Crippen MR) is 90.5 cm³/mol. The van der Waals surface area contributed by atoms with Crippen molar-refractivity contribution >= 4 is 27.4 Å². The van der Waals surface area contributed by atoms with Crippen LogP contribution in [0, 0.1) is 0 Å². The van der Waals surface area contributed by atoms with Gasteiger partial charge >= 0.3 is 0 Å². The van der Waals surface area contributed by atoms with Crippen LogP contribution in [0.15, 0.2) is 47.1 Å². The highest BCUT2D eigenvalue weighted by molar-refractivity contribution is 9.10. The molecule has 0 amide bonds. The van der Waals surface area contributed by atoms with Crippen LogP contribution < -0.4 is 0 Å². The molecule has 1 aromatic carbocycles. The third-order valence-corrected chi connectivity index (χ3v) is 3.80. The van der Waals surface area contributed by atoms with Gasteiger partial charge < -0.3 is 5.11 Å². The van der Waals surface area contributed by atoms with Crippen LogP contribution in [-0.4, -0.2) is 20.3 Å². The molecule has 3 aromatic rings. The molecule has 0 aliphatic rings. The van der Waals surface area contributed by atoms with E-state index in [1.54, 1.807) is 16.5 Å². The number of carbonyl (C=O) groups excluding carboxylic acids is 1. The largest absolute Gasteiger partial charge is 0.508 e. The monoisotopic (exact) mass is 360 g/mol. The Morgan fingerprint density at radius 2 is 1.91 bits per heavy atom. The minimum absolute atomic E-state index is 0. The van der Waals surface area contributed by atoms with Gasteiger partial charge in [-0.3, -0.25) is 9.20 Å². The summed E-state index contributed by atoms with van der Waals surface area (Å²) in [4.78, 5) is 17.3. The van der Waals surface area contributed by atoms with Crippen LogP contribution in [0.5, 0.6) is 5.75 Å². The summed E-state index contributed by atoms with van der Waals surface area (Å²) in [5, 5.41) is 9.34. The number of pyridine rings is 1. The smallest absolute Gasteiger partial charge is 0.211 e. The number of aromatic hydroxyl groups is 1. The Morgan fingerprint density at radius 3 is 2.55 bits per heavy atom. The molecule has 0 atom stereocenters. The summed E-state index contributed by atoms with van der Waals surface area (Å²) in [6.07, 6.45) is 2.52. The highest BCUT2D eigenvalue weighted by atomic mass is 79.9. The molecular weight excluding hydrogens is 344 g/mol. The first-order chi connectivity index (χ1) is 10.1.